The Morgan fingerprint density at radius 2 is 2.42 bits per heavy atom. The highest BCUT2D eigenvalue weighted by molar-refractivity contribution is 6.31. The van der Waals surface area contributed by atoms with Gasteiger partial charge in [0.25, 0.3) is 0 Å². The normalized spacial score (nSPS) is 13.3. The maximum absolute atomic E-state index is 5.93. The van der Waals surface area contributed by atoms with Gasteiger partial charge in [0.15, 0.2) is 0 Å². The molecule has 0 radical (unpaired) electrons. The minimum absolute atomic E-state index is 0.129. The van der Waals surface area contributed by atoms with E-state index < -0.39 is 0 Å². The molecule has 1 atom stereocenters. The highest BCUT2D eigenvalue weighted by atomic mass is 35.5. The number of halogens is 1. The smallest absolute Gasteiger partial charge is 0.0818 e. The summed E-state index contributed by atoms with van der Waals surface area (Å²) in [6.45, 7) is 4.84. The van der Waals surface area contributed by atoms with Crippen LogP contribution in [0.3, 0.4) is 0 Å². The van der Waals surface area contributed by atoms with Gasteiger partial charge in [0, 0.05) is 19.0 Å². The summed E-state index contributed by atoms with van der Waals surface area (Å²) in [6, 6.07) is 0.129. The molecule has 0 saturated carbocycles. The maximum atomic E-state index is 5.93. The third-order valence-corrected chi connectivity index (χ3v) is 2.03. The Kier molecular flexibility index (Phi) is 3.12. The van der Waals surface area contributed by atoms with Gasteiger partial charge in [0.05, 0.1) is 16.9 Å². The van der Waals surface area contributed by atoms with Crippen molar-refractivity contribution in [2.45, 2.75) is 32.9 Å². The lowest BCUT2D eigenvalue weighted by Crippen LogP contribution is -2.20. The van der Waals surface area contributed by atoms with Crippen LogP contribution in [0.1, 0.15) is 19.5 Å². The predicted octanol–water partition coefficient (Wildman–Crippen LogP) is 1.45. The van der Waals surface area contributed by atoms with Crippen molar-refractivity contribution in [3.8, 4) is 0 Å². The molecule has 0 aliphatic rings. The molecule has 3 nitrogen and oxygen atoms in total. The van der Waals surface area contributed by atoms with Gasteiger partial charge in [0.1, 0.15) is 0 Å². The molecule has 0 amide bonds. The van der Waals surface area contributed by atoms with Crippen LogP contribution in [0, 0.1) is 0 Å². The summed E-state index contributed by atoms with van der Waals surface area (Å²) in [6.07, 6.45) is 2.45. The van der Waals surface area contributed by atoms with Gasteiger partial charge in [-0.1, -0.05) is 11.6 Å². The fourth-order valence-corrected chi connectivity index (χ4v) is 1.39. The van der Waals surface area contributed by atoms with E-state index in [4.69, 9.17) is 17.3 Å². The summed E-state index contributed by atoms with van der Waals surface area (Å²) in [5.41, 5.74) is 6.71. The molecule has 0 aromatic carbocycles. The van der Waals surface area contributed by atoms with Gasteiger partial charge in [-0.3, -0.25) is 4.68 Å². The number of aryl methyl sites for hydroxylation is 1. The molecule has 1 unspecified atom stereocenters. The van der Waals surface area contributed by atoms with Gasteiger partial charge in [-0.15, -0.1) is 0 Å². The van der Waals surface area contributed by atoms with Crippen molar-refractivity contribution in [2.24, 2.45) is 5.73 Å². The Hall–Kier alpha value is -0.540. The first-order chi connectivity index (χ1) is 5.65. The lowest BCUT2D eigenvalue weighted by atomic mass is 10.2. The van der Waals surface area contributed by atoms with Crippen LogP contribution in [0.2, 0.25) is 5.02 Å². The zero-order valence-electron chi connectivity index (χ0n) is 7.42. The third-order valence-electron chi connectivity index (χ3n) is 1.71. The van der Waals surface area contributed by atoms with Crippen molar-refractivity contribution in [2.75, 3.05) is 0 Å². The molecular formula is C8H14ClN3. The Morgan fingerprint density at radius 3 is 2.92 bits per heavy atom. The number of nitrogens with zero attached hydrogens (tertiary/aromatic N) is 2. The fraction of sp³-hybridized carbons (Fsp3) is 0.625. The molecule has 1 rings (SSSR count). The van der Waals surface area contributed by atoms with E-state index in [2.05, 4.69) is 5.10 Å². The van der Waals surface area contributed by atoms with Gasteiger partial charge in [-0.2, -0.15) is 5.10 Å². The van der Waals surface area contributed by atoms with Crippen LogP contribution in [-0.2, 0) is 13.0 Å². The second-order valence-electron chi connectivity index (χ2n) is 2.94. The van der Waals surface area contributed by atoms with Crippen molar-refractivity contribution in [1.82, 2.24) is 9.78 Å². The minimum Gasteiger partial charge on any atom is -0.328 e. The fourth-order valence-electron chi connectivity index (χ4n) is 1.17. The average Bonchev–Trinajstić information content (AvgIpc) is 2.32. The van der Waals surface area contributed by atoms with Gasteiger partial charge < -0.3 is 5.73 Å². The third kappa shape index (κ3) is 1.99. The van der Waals surface area contributed by atoms with E-state index in [-0.39, 0.29) is 6.04 Å². The van der Waals surface area contributed by atoms with Crippen molar-refractivity contribution in [1.29, 1.82) is 0 Å². The number of rotatable bonds is 3. The molecule has 0 aliphatic heterocycles. The van der Waals surface area contributed by atoms with E-state index in [1.165, 1.54) is 0 Å². The topological polar surface area (TPSA) is 43.8 Å². The molecule has 12 heavy (non-hydrogen) atoms. The van der Waals surface area contributed by atoms with Crippen LogP contribution >= 0.6 is 11.6 Å². The Morgan fingerprint density at radius 1 is 1.75 bits per heavy atom. The summed E-state index contributed by atoms with van der Waals surface area (Å²) in [4.78, 5) is 0. The van der Waals surface area contributed by atoms with E-state index >= 15 is 0 Å². The second-order valence-corrected chi connectivity index (χ2v) is 3.34. The van der Waals surface area contributed by atoms with E-state index in [1.54, 1.807) is 6.20 Å². The molecule has 1 heterocycles. The molecule has 0 aliphatic carbocycles. The largest absolute Gasteiger partial charge is 0.328 e. The SMILES string of the molecule is CCn1ncc(Cl)c1CC(C)N. The zero-order chi connectivity index (χ0) is 9.14. The molecular weight excluding hydrogens is 174 g/mol. The number of nitrogens with two attached hydrogens (primary N) is 1. The summed E-state index contributed by atoms with van der Waals surface area (Å²) >= 11 is 5.93. The number of aromatic nitrogens is 2. The Balaban J connectivity index is 2.86. The van der Waals surface area contributed by atoms with Crippen LogP contribution in [0.5, 0.6) is 0 Å². The summed E-state index contributed by atoms with van der Waals surface area (Å²) in [5.74, 6) is 0. The van der Waals surface area contributed by atoms with Crippen LogP contribution in [0.15, 0.2) is 6.20 Å². The molecule has 1 aromatic heterocycles. The second kappa shape index (κ2) is 3.92. The minimum atomic E-state index is 0.129. The van der Waals surface area contributed by atoms with Gasteiger partial charge >= 0.3 is 0 Å². The predicted molar refractivity (Wildman–Crippen MR) is 50.3 cm³/mol. The average molecular weight is 188 g/mol. The van der Waals surface area contributed by atoms with Gasteiger partial charge in [0.2, 0.25) is 0 Å². The van der Waals surface area contributed by atoms with Crippen molar-refractivity contribution in [3.05, 3.63) is 16.9 Å². The summed E-state index contributed by atoms with van der Waals surface area (Å²) < 4.78 is 1.88. The quantitative estimate of drug-likeness (QED) is 0.779. The van der Waals surface area contributed by atoms with Gasteiger partial charge in [-0.05, 0) is 13.8 Å². The van der Waals surface area contributed by atoms with E-state index in [0.29, 0.717) is 5.02 Å². The molecule has 68 valence electrons. The molecule has 0 bridgehead atoms. The first-order valence-electron chi connectivity index (χ1n) is 4.11. The molecule has 0 saturated heterocycles. The number of hydrogen-bond acceptors (Lipinski definition) is 2. The standard InChI is InChI=1S/C8H14ClN3/c1-3-12-8(4-6(2)10)7(9)5-11-12/h5-6H,3-4,10H2,1-2H3. The molecule has 4 heteroatoms. The van der Waals surface area contributed by atoms with Crippen LogP contribution in [0.25, 0.3) is 0 Å². The van der Waals surface area contributed by atoms with Crippen molar-refractivity contribution < 1.29 is 0 Å². The van der Waals surface area contributed by atoms with Crippen molar-refractivity contribution >= 4 is 11.6 Å². The number of hydrogen-bond donors (Lipinski definition) is 1. The molecule has 0 spiro atoms. The first kappa shape index (κ1) is 9.55. The lowest BCUT2D eigenvalue weighted by molar-refractivity contribution is 0.595. The van der Waals surface area contributed by atoms with Crippen LogP contribution in [-0.4, -0.2) is 15.8 Å². The Labute approximate surface area is 77.5 Å². The molecule has 1 aromatic rings. The zero-order valence-corrected chi connectivity index (χ0v) is 8.17. The lowest BCUT2D eigenvalue weighted by Gasteiger charge is -2.07. The maximum Gasteiger partial charge on any atom is 0.0818 e. The van der Waals surface area contributed by atoms with E-state index in [9.17, 15) is 0 Å². The highest BCUT2D eigenvalue weighted by Gasteiger charge is 2.09. The monoisotopic (exact) mass is 187 g/mol. The summed E-state index contributed by atoms with van der Waals surface area (Å²) in [5, 5.41) is 4.83. The highest BCUT2D eigenvalue weighted by Crippen LogP contribution is 2.16. The van der Waals surface area contributed by atoms with Gasteiger partial charge in [-0.25, -0.2) is 0 Å². The van der Waals surface area contributed by atoms with E-state index in [1.807, 2.05) is 18.5 Å². The van der Waals surface area contributed by atoms with E-state index in [0.717, 1.165) is 18.7 Å². The van der Waals surface area contributed by atoms with Crippen molar-refractivity contribution in [3.63, 3.8) is 0 Å². The van der Waals surface area contributed by atoms with Crippen LogP contribution in [0.4, 0.5) is 0 Å². The Bertz CT molecular complexity index is 255. The summed E-state index contributed by atoms with van der Waals surface area (Å²) in [7, 11) is 0. The van der Waals surface area contributed by atoms with Crippen LogP contribution < -0.4 is 5.73 Å². The molecule has 2 N–H and O–H groups in total. The molecule has 0 fully saturated rings. The first-order valence-corrected chi connectivity index (χ1v) is 4.48.